The van der Waals surface area contributed by atoms with Crippen molar-refractivity contribution >= 4 is 22.5 Å². The number of aliphatic hydroxyl groups is 1. The van der Waals surface area contributed by atoms with Crippen molar-refractivity contribution in [3.8, 4) is 0 Å². The number of anilines is 1. The highest BCUT2D eigenvalue weighted by molar-refractivity contribution is 5.90. The molecule has 2 N–H and O–H groups in total. The zero-order valence-electron chi connectivity index (χ0n) is 16.9. The Morgan fingerprint density at radius 1 is 1.16 bits per heavy atom. The van der Waals surface area contributed by atoms with Gasteiger partial charge in [-0.25, -0.2) is 22.6 Å². The maximum Gasteiger partial charge on any atom is 0.322 e. The number of rotatable bonds is 6. The van der Waals surface area contributed by atoms with Crippen LogP contribution in [-0.2, 0) is 7.05 Å². The Hall–Kier alpha value is -3.40. The largest absolute Gasteiger partial charge is 0.396 e. The van der Waals surface area contributed by atoms with Crippen LogP contribution in [-0.4, -0.2) is 39.0 Å². The molecule has 0 aliphatic heterocycles. The molecule has 0 saturated heterocycles. The van der Waals surface area contributed by atoms with E-state index >= 15 is 0 Å². The van der Waals surface area contributed by atoms with Crippen LogP contribution >= 0.6 is 0 Å². The molecule has 0 aliphatic carbocycles. The van der Waals surface area contributed by atoms with E-state index in [0.29, 0.717) is 5.69 Å². The number of nitrogens with one attached hydrogen (secondary N) is 1. The minimum absolute atomic E-state index is 0.0701. The van der Waals surface area contributed by atoms with Gasteiger partial charge in [-0.15, -0.1) is 0 Å². The van der Waals surface area contributed by atoms with E-state index in [1.54, 1.807) is 6.92 Å². The number of carbonyl (C=O) groups is 1. The Morgan fingerprint density at radius 3 is 2.39 bits per heavy atom. The second kappa shape index (κ2) is 9.17. The molecule has 0 unspecified atom stereocenters. The van der Waals surface area contributed by atoms with E-state index in [-0.39, 0.29) is 36.0 Å². The number of aryl methyl sites for hydroxylation is 1. The summed E-state index contributed by atoms with van der Waals surface area (Å²) in [4.78, 5) is 26.6. The summed E-state index contributed by atoms with van der Waals surface area (Å²) in [6.45, 7) is 1.55. The number of aromatic nitrogens is 2. The molecular weight excluding hydrogens is 413 g/mol. The maximum absolute atomic E-state index is 13.9. The van der Waals surface area contributed by atoms with Gasteiger partial charge in [-0.05, 0) is 49.7 Å². The summed E-state index contributed by atoms with van der Waals surface area (Å²) in [6.07, 6.45) is 0.244. The molecule has 3 rings (SSSR count). The predicted molar refractivity (Wildman–Crippen MR) is 109 cm³/mol. The summed E-state index contributed by atoms with van der Waals surface area (Å²) in [5, 5.41) is 16.1. The van der Waals surface area contributed by atoms with Gasteiger partial charge in [-0.2, -0.15) is 5.10 Å². The Kier molecular flexibility index (Phi) is 6.59. The van der Waals surface area contributed by atoms with Gasteiger partial charge in [0.1, 0.15) is 5.82 Å². The number of hydrogen-bond donors (Lipinski definition) is 2. The monoisotopic (exact) mass is 434 g/mol. The van der Waals surface area contributed by atoms with Crippen LogP contribution < -0.4 is 10.9 Å². The third-order valence-electron chi connectivity index (χ3n) is 4.90. The van der Waals surface area contributed by atoms with Gasteiger partial charge in [0.05, 0.1) is 17.1 Å². The zero-order valence-corrected chi connectivity index (χ0v) is 16.9. The normalized spacial score (nSPS) is 12.1. The Bertz CT molecular complexity index is 1170. The predicted octanol–water partition coefficient (Wildman–Crippen LogP) is 3.33. The molecule has 0 fully saturated rings. The first-order chi connectivity index (χ1) is 14.7. The van der Waals surface area contributed by atoms with Crippen molar-refractivity contribution in [1.82, 2.24) is 14.7 Å². The first kappa shape index (κ1) is 22.3. The van der Waals surface area contributed by atoms with Crippen LogP contribution in [0.15, 0.2) is 41.2 Å². The van der Waals surface area contributed by atoms with Crippen molar-refractivity contribution in [2.24, 2.45) is 7.05 Å². The molecule has 0 radical (unpaired) electrons. The van der Waals surface area contributed by atoms with Crippen molar-refractivity contribution in [2.45, 2.75) is 19.4 Å². The van der Waals surface area contributed by atoms with E-state index < -0.39 is 35.1 Å². The van der Waals surface area contributed by atoms with Crippen LogP contribution in [0.2, 0.25) is 0 Å². The molecule has 0 bridgehead atoms. The summed E-state index contributed by atoms with van der Waals surface area (Å²) in [5.74, 6) is -2.77. The van der Waals surface area contributed by atoms with E-state index in [1.165, 1.54) is 36.2 Å². The fraction of sp³-hybridized carbons (Fsp3) is 0.286. The molecule has 0 spiro atoms. The van der Waals surface area contributed by atoms with Crippen molar-refractivity contribution in [3.63, 3.8) is 0 Å². The van der Waals surface area contributed by atoms with E-state index in [9.17, 15) is 27.9 Å². The number of benzene rings is 2. The summed E-state index contributed by atoms with van der Waals surface area (Å²) in [5.41, 5.74) is -0.0790. The number of fused-ring (bicyclic) bond motifs is 1. The molecular formula is C21H21F3N4O3. The van der Waals surface area contributed by atoms with E-state index in [0.717, 1.165) is 16.8 Å². The molecule has 3 aromatic rings. The number of carbonyl (C=O) groups excluding carboxylic acids is 1. The molecule has 1 heterocycles. The standard InChI is InChI=1S/C21H21F3N4O3/c1-12(19-15-10-17(23)18(24)11-16(15)20(30)27(2)26-19)28(8-3-9-29)21(31)25-14-6-4-13(22)5-7-14/h4-7,10-12,29H,3,8-9H2,1-2H3,(H,25,31)/t12-/m1/s1. The van der Waals surface area contributed by atoms with Crippen LogP contribution in [0, 0.1) is 17.5 Å². The smallest absolute Gasteiger partial charge is 0.322 e. The van der Waals surface area contributed by atoms with Gasteiger partial charge in [0.15, 0.2) is 11.6 Å². The highest BCUT2D eigenvalue weighted by Gasteiger charge is 2.26. The molecule has 2 aromatic carbocycles. The molecule has 2 amide bonds. The number of urea groups is 1. The second-order valence-corrected chi connectivity index (χ2v) is 7.01. The van der Waals surface area contributed by atoms with Crippen molar-refractivity contribution in [1.29, 1.82) is 0 Å². The number of nitrogens with zero attached hydrogens (tertiary/aromatic N) is 3. The molecule has 0 aliphatic rings. The van der Waals surface area contributed by atoms with Gasteiger partial charge in [0, 0.05) is 31.3 Å². The van der Waals surface area contributed by atoms with Crippen molar-refractivity contribution in [3.05, 3.63) is 69.9 Å². The molecule has 10 heteroatoms. The van der Waals surface area contributed by atoms with Crippen LogP contribution in [0.1, 0.15) is 25.1 Å². The van der Waals surface area contributed by atoms with Gasteiger partial charge in [-0.1, -0.05) is 0 Å². The van der Waals surface area contributed by atoms with Crippen molar-refractivity contribution in [2.75, 3.05) is 18.5 Å². The Labute approximate surface area is 175 Å². The summed E-state index contributed by atoms with van der Waals surface area (Å²) < 4.78 is 41.8. The van der Waals surface area contributed by atoms with Crippen LogP contribution in [0.25, 0.3) is 10.8 Å². The Balaban J connectivity index is 2.04. The van der Waals surface area contributed by atoms with E-state index in [4.69, 9.17) is 0 Å². The van der Waals surface area contributed by atoms with Crippen LogP contribution in [0.4, 0.5) is 23.7 Å². The van der Waals surface area contributed by atoms with E-state index in [1.807, 2.05) is 0 Å². The fourth-order valence-corrected chi connectivity index (χ4v) is 3.27. The molecule has 7 nitrogen and oxygen atoms in total. The summed E-state index contributed by atoms with van der Waals surface area (Å²) in [7, 11) is 1.37. The fourth-order valence-electron chi connectivity index (χ4n) is 3.27. The van der Waals surface area contributed by atoms with Crippen LogP contribution in [0.3, 0.4) is 0 Å². The van der Waals surface area contributed by atoms with Gasteiger partial charge < -0.3 is 15.3 Å². The number of halogens is 3. The zero-order chi connectivity index (χ0) is 22.7. The van der Waals surface area contributed by atoms with Gasteiger partial charge >= 0.3 is 6.03 Å². The number of amides is 2. The molecule has 164 valence electrons. The first-order valence-corrected chi connectivity index (χ1v) is 9.53. The lowest BCUT2D eigenvalue weighted by Crippen LogP contribution is -2.39. The van der Waals surface area contributed by atoms with Gasteiger partial charge in [0.25, 0.3) is 5.56 Å². The highest BCUT2D eigenvalue weighted by Crippen LogP contribution is 2.27. The maximum atomic E-state index is 13.9. The minimum Gasteiger partial charge on any atom is -0.396 e. The average molecular weight is 434 g/mol. The van der Waals surface area contributed by atoms with Crippen molar-refractivity contribution < 1.29 is 23.1 Å². The van der Waals surface area contributed by atoms with E-state index in [2.05, 4.69) is 10.4 Å². The summed E-state index contributed by atoms with van der Waals surface area (Å²) in [6, 6.07) is 5.51. The average Bonchev–Trinajstić information content (AvgIpc) is 2.74. The third kappa shape index (κ3) is 4.69. The Morgan fingerprint density at radius 2 is 1.77 bits per heavy atom. The topological polar surface area (TPSA) is 87.5 Å². The quantitative estimate of drug-likeness (QED) is 0.623. The molecule has 0 saturated carbocycles. The summed E-state index contributed by atoms with van der Waals surface area (Å²) >= 11 is 0. The lowest BCUT2D eigenvalue weighted by atomic mass is 10.0. The van der Waals surface area contributed by atoms with Crippen LogP contribution in [0.5, 0.6) is 0 Å². The lowest BCUT2D eigenvalue weighted by Gasteiger charge is -2.29. The molecule has 1 atom stereocenters. The van der Waals surface area contributed by atoms with Gasteiger partial charge in [0.2, 0.25) is 0 Å². The highest BCUT2D eigenvalue weighted by atomic mass is 19.2. The third-order valence-corrected chi connectivity index (χ3v) is 4.90. The minimum atomic E-state index is -1.17. The van der Waals surface area contributed by atoms with Gasteiger partial charge in [-0.3, -0.25) is 4.79 Å². The number of aliphatic hydroxyl groups excluding tert-OH is 1. The molecule has 1 aromatic heterocycles. The number of hydrogen-bond acceptors (Lipinski definition) is 4. The lowest BCUT2D eigenvalue weighted by molar-refractivity contribution is 0.181. The SMILES string of the molecule is C[C@H](c1nn(C)c(=O)c2cc(F)c(F)cc12)N(CCCO)C(=O)Nc1ccc(F)cc1. The molecule has 31 heavy (non-hydrogen) atoms. The first-order valence-electron chi connectivity index (χ1n) is 9.53. The second-order valence-electron chi connectivity index (χ2n) is 7.01.